The number of ether oxygens (including phenoxy) is 3. The molecule has 0 aromatic heterocycles. The van der Waals surface area contributed by atoms with E-state index in [1.165, 1.54) is 5.56 Å². The zero-order valence-corrected chi connectivity index (χ0v) is 18.4. The first-order valence-electron chi connectivity index (χ1n) is 11.5. The third-order valence-electron chi connectivity index (χ3n) is 7.41. The first-order valence-corrected chi connectivity index (χ1v) is 11.5. The van der Waals surface area contributed by atoms with E-state index in [0.717, 1.165) is 35.2 Å². The number of aryl methyl sites for hydroxylation is 1. The minimum absolute atomic E-state index is 0.0270. The SMILES string of the molecule is O=C(CN1C(=O)C2(COc3cc4c(cc32)OCO4)c2ccccc21)NC1CCc2ccccc21. The van der Waals surface area contributed by atoms with Crippen LogP contribution in [-0.4, -0.2) is 31.8 Å². The molecule has 0 radical (unpaired) electrons. The van der Waals surface area contributed by atoms with Gasteiger partial charge in [0.25, 0.3) is 0 Å². The maximum atomic E-state index is 14.0. The minimum atomic E-state index is -1.01. The predicted octanol–water partition coefficient (Wildman–Crippen LogP) is 3.24. The first kappa shape index (κ1) is 19.5. The molecule has 0 bridgehead atoms. The van der Waals surface area contributed by atoms with Gasteiger partial charge >= 0.3 is 0 Å². The lowest BCUT2D eigenvalue weighted by molar-refractivity contribution is -0.126. The second-order valence-corrected chi connectivity index (χ2v) is 9.16. The summed E-state index contributed by atoms with van der Waals surface area (Å²) in [5.41, 5.74) is 3.76. The molecule has 3 heterocycles. The Balaban J connectivity index is 1.22. The van der Waals surface area contributed by atoms with Crippen LogP contribution in [0.5, 0.6) is 17.2 Å². The highest BCUT2D eigenvalue weighted by Gasteiger charge is 2.57. The smallest absolute Gasteiger partial charge is 0.246 e. The fourth-order valence-electron chi connectivity index (χ4n) is 5.81. The van der Waals surface area contributed by atoms with Crippen LogP contribution in [0.2, 0.25) is 0 Å². The van der Waals surface area contributed by atoms with Crippen molar-refractivity contribution in [3.63, 3.8) is 0 Å². The van der Waals surface area contributed by atoms with Gasteiger partial charge < -0.3 is 24.4 Å². The fraction of sp³-hybridized carbons (Fsp3) is 0.259. The number of rotatable bonds is 3. The van der Waals surface area contributed by atoms with Crippen LogP contribution in [0.15, 0.2) is 60.7 Å². The van der Waals surface area contributed by atoms with Crippen molar-refractivity contribution >= 4 is 17.5 Å². The number of anilines is 1. The largest absolute Gasteiger partial charge is 0.491 e. The highest BCUT2D eigenvalue weighted by molar-refractivity contribution is 6.13. The maximum Gasteiger partial charge on any atom is 0.246 e. The van der Waals surface area contributed by atoms with Gasteiger partial charge in [-0.3, -0.25) is 9.59 Å². The van der Waals surface area contributed by atoms with Gasteiger partial charge in [-0.1, -0.05) is 42.5 Å². The lowest BCUT2D eigenvalue weighted by atomic mass is 9.77. The summed E-state index contributed by atoms with van der Waals surface area (Å²) in [6.07, 6.45) is 1.81. The van der Waals surface area contributed by atoms with Gasteiger partial charge in [-0.15, -0.1) is 0 Å². The van der Waals surface area contributed by atoms with Crippen molar-refractivity contribution in [1.82, 2.24) is 5.32 Å². The van der Waals surface area contributed by atoms with Crippen LogP contribution in [0, 0.1) is 0 Å². The Hall–Kier alpha value is -4.00. The summed E-state index contributed by atoms with van der Waals surface area (Å²) in [6, 6.07) is 19.4. The number of carbonyl (C=O) groups is 2. The maximum absolute atomic E-state index is 14.0. The molecule has 2 atom stereocenters. The van der Waals surface area contributed by atoms with E-state index >= 15 is 0 Å². The summed E-state index contributed by atoms with van der Waals surface area (Å²) in [7, 11) is 0. The topological polar surface area (TPSA) is 77.1 Å². The molecule has 1 aliphatic carbocycles. The fourth-order valence-corrected chi connectivity index (χ4v) is 5.81. The molecule has 3 aliphatic heterocycles. The third-order valence-corrected chi connectivity index (χ3v) is 7.41. The van der Waals surface area contributed by atoms with Gasteiger partial charge in [0.1, 0.15) is 24.3 Å². The normalized spacial score (nSPS) is 23.0. The lowest BCUT2D eigenvalue weighted by Crippen LogP contribution is -2.46. The quantitative estimate of drug-likeness (QED) is 0.658. The lowest BCUT2D eigenvalue weighted by Gasteiger charge is -2.23. The van der Waals surface area contributed by atoms with Gasteiger partial charge in [0.15, 0.2) is 11.5 Å². The number of nitrogens with one attached hydrogen (secondary N) is 1. The van der Waals surface area contributed by atoms with E-state index in [9.17, 15) is 9.59 Å². The highest BCUT2D eigenvalue weighted by atomic mass is 16.7. The standard InChI is InChI=1S/C27H22N2O5/c30-25(28-20-10-9-16-5-1-2-6-17(16)20)13-29-21-8-4-3-7-18(21)27(26(29)31)14-32-22-12-24-23(11-19(22)27)33-15-34-24/h1-8,11-12,20H,9-10,13-15H2,(H,28,30). The monoisotopic (exact) mass is 454 g/mol. The second-order valence-electron chi connectivity index (χ2n) is 9.16. The van der Waals surface area contributed by atoms with E-state index < -0.39 is 5.41 Å². The van der Waals surface area contributed by atoms with Crippen LogP contribution in [-0.2, 0) is 21.4 Å². The third kappa shape index (κ3) is 2.58. The van der Waals surface area contributed by atoms with Crippen molar-refractivity contribution in [2.45, 2.75) is 24.3 Å². The molecule has 7 rings (SSSR count). The Bertz CT molecular complexity index is 1370. The Morgan fingerprint density at radius 3 is 2.68 bits per heavy atom. The molecule has 2 amide bonds. The van der Waals surface area contributed by atoms with Crippen LogP contribution in [0.1, 0.15) is 34.7 Å². The van der Waals surface area contributed by atoms with Gasteiger partial charge in [0.2, 0.25) is 18.6 Å². The summed E-state index contributed by atoms with van der Waals surface area (Å²) in [5.74, 6) is 1.49. The molecule has 1 spiro atoms. The van der Waals surface area contributed by atoms with Gasteiger partial charge in [-0.25, -0.2) is 0 Å². The molecule has 7 nitrogen and oxygen atoms in total. The summed E-state index contributed by atoms with van der Waals surface area (Å²) in [4.78, 5) is 28.8. The number of fused-ring (bicyclic) bond motifs is 6. The number of para-hydroxylation sites is 1. The van der Waals surface area contributed by atoms with Crippen LogP contribution < -0.4 is 24.4 Å². The summed E-state index contributed by atoms with van der Waals surface area (Å²) in [6.45, 7) is 0.275. The molecule has 1 N–H and O–H groups in total. The van der Waals surface area contributed by atoms with E-state index in [2.05, 4.69) is 17.4 Å². The van der Waals surface area contributed by atoms with Crippen molar-refractivity contribution in [3.8, 4) is 17.2 Å². The van der Waals surface area contributed by atoms with Crippen molar-refractivity contribution in [1.29, 1.82) is 0 Å². The van der Waals surface area contributed by atoms with E-state index in [1.54, 1.807) is 11.0 Å². The van der Waals surface area contributed by atoms with Gasteiger partial charge in [0.05, 0.1) is 6.04 Å². The second kappa shape index (κ2) is 7.00. The van der Waals surface area contributed by atoms with E-state index in [0.29, 0.717) is 17.2 Å². The van der Waals surface area contributed by atoms with Crippen LogP contribution in [0.4, 0.5) is 5.69 Å². The van der Waals surface area contributed by atoms with Crippen molar-refractivity contribution in [3.05, 3.63) is 82.9 Å². The molecule has 34 heavy (non-hydrogen) atoms. The number of nitrogens with zero attached hydrogens (tertiary/aromatic N) is 1. The molecule has 0 saturated carbocycles. The van der Waals surface area contributed by atoms with Crippen LogP contribution >= 0.6 is 0 Å². The molecular formula is C27H22N2O5. The average Bonchev–Trinajstić information content (AvgIpc) is 3.61. The van der Waals surface area contributed by atoms with Crippen molar-refractivity contribution < 1.29 is 23.8 Å². The van der Waals surface area contributed by atoms with Crippen LogP contribution in [0.3, 0.4) is 0 Å². The number of carbonyl (C=O) groups excluding carboxylic acids is 2. The Labute approximate surface area is 196 Å². The van der Waals surface area contributed by atoms with Crippen molar-refractivity contribution in [2.75, 3.05) is 24.8 Å². The van der Waals surface area contributed by atoms with Gasteiger partial charge in [0, 0.05) is 17.3 Å². The average molecular weight is 454 g/mol. The molecule has 3 aromatic carbocycles. The molecule has 4 aliphatic rings. The van der Waals surface area contributed by atoms with Crippen molar-refractivity contribution in [2.24, 2.45) is 0 Å². The molecule has 170 valence electrons. The van der Waals surface area contributed by atoms with Gasteiger partial charge in [-0.2, -0.15) is 0 Å². The van der Waals surface area contributed by atoms with E-state index in [1.807, 2.05) is 42.5 Å². The first-order chi connectivity index (χ1) is 16.6. The Kier molecular flexibility index (Phi) is 4.01. The molecule has 0 fully saturated rings. The number of hydrogen-bond acceptors (Lipinski definition) is 5. The number of hydrogen-bond donors (Lipinski definition) is 1. The van der Waals surface area contributed by atoms with E-state index in [4.69, 9.17) is 14.2 Å². The van der Waals surface area contributed by atoms with Gasteiger partial charge in [-0.05, 0) is 41.7 Å². The summed E-state index contributed by atoms with van der Waals surface area (Å²) in [5, 5.41) is 3.14. The summed E-state index contributed by atoms with van der Waals surface area (Å²) >= 11 is 0. The molecule has 7 heteroatoms. The summed E-state index contributed by atoms with van der Waals surface area (Å²) < 4.78 is 17.1. The predicted molar refractivity (Wildman–Crippen MR) is 123 cm³/mol. The highest BCUT2D eigenvalue weighted by Crippen LogP contribution is 2.54. The minimum Gasteiger partial charge on any atom is -0.491 e. The zero-order valence-electron chi connectivity index (χ0n) is 18.4. The molecule has 3 aromatic rings. The Morgan fingerprint density at radius 2 is 1.76 bits per heavy atom. The molecule has 0 saturated heterocycles. The Morgan fingerprint density at radius 1 is 0.971 bits per heavy atom. The van der Waals surface area contributed by atoms with E-state index in [-0.39, 0.29) is 37.8 Å². The zero-order chi connectivity index (χ0) is 22.9. The molecule has 2 unspecified atom stereocenters. The number of benzene rings is 3. The van der Waals surface area contributed by atoms with Crippen LogP contribution in [0.25, 0.3) is 0 Å². The number of amides is 2. The molecular weight excluding hydrogens is 432 g/mol.